The van der Waals surface area contributed by atoms with Crippen LogP contribution >= 0.6 is 12.2 Å². The fourth-order valence-corrected chi connectivity index (χ4v) is 1.95. The average Bonchev–Trinajstić information content (AvgIpc) is 2.36. The first-order chi connectivity index (χ1) is 9.66. The van der Waals surface area contributed by atoms with Crippen LogP contribution in [0.4, 0.5) is 27.6 Å². The molecule has 0 amide bonds. The van der Waals surface area contributed by atoms with Crippen LogP contribution < -0.4 is 10.6 Å². The third kappa shape index (κ3) is 4.78. The lowest BCUT2D eigenvalue weighted by atomic mass is 10.1. The molecule has 118 valence electrons. The number of hydrogen-bond acceptors (Lipinski definition) is 3. The van der Waals surface area contributed by atoms with Gasteiger partial charge in [0.25, 0.3) is 6.43 Å². The number of rotatable bonds is 6. The van der Waals surface area contributed by atoms with Gasteiger partial charge >= 0.3 is 6.18 Å². The zero-order valence-electron chi connectivity index (χ0n) is 10.7. The minimum absolute atomic E-state index is 0.0323. The van der Waals surface area contributed by atoms with E-state index in [1.165, 1.54) is 0 Å². The van der Waals surface area contributed by atoms with Gasteiger partial charge in [0, 0.05) is 17.8 Å². The highest BCUT2D eigenvalue weighted by atomic mass is 32.1. The summed E-state index contributed by atoms with van der Waals surface area (Å²) in [6, 6.07) is 2.50. The molecule has 1 rings (SSSR count). The summed E-state index contributed by atoms with van der Waals surface area (Å²) in [5, 5.41) is 8.89. The van der Waals surface area contributed by atoms with Crippen LogP contribution in [-0.4, -0.2) is 36.2 Å². The van der Waals surface area contributed by atoms with Crippen LogP contribution in [0.1, 0.15) is 11.1 Å². The number of aliphatic hydroxyl groups excluding tert-OH is 1. The lowest BCUT2D eigenvalue weighted by Gasteiger charge is -2.26. The molecular weight excluding hydrogens is 315 g/mol. The van der Waals surface area contributed by atoms with Gasteiger partial charge in [0.05, 0.1) is 18.7 Å². The normalized spacial score (nSPS) is 11.8. The van der Waals surface area contributed by atoms with Gasteiger partial charge in [-0.3, -0.25) is 0 Å². The van der Waals surface area contributed by atoms with Gasteiger partial charge in [-0.05, 0) is 18.2 Å². The Balaban J connectivity index is 3.29. The van der Waals surface area contributed by atoms with Crippen LogP contribution in [0.3, 0.4) is 0 Å². The fourth-order valence-electron chi connectivity index (χ4n) is 1.78. The Kier molecular flexibility index (Phi) is 5.85. The lowest BCUT2D eigenvalue weighted by Crippen LogP contribution is -2.33. The van der Waals surface area contributed by atoms with Gasteiger partial charge in [0.1, 0.15) is 4.99 Å². The summed E-state index contributed by atoms with van der Waals surface area (Å²) >= 11 is 4.68. The van der Waals surface area contributed by atoms with Crippen LogP contribution in [0.2, 0.25) is 0 Å². The third-order valence-electron chi connectivity index (χ3n) is 2.66. The molecule has 0 atom stereocenters. The Morgan fingerprint density at radius 2 is 1.95 bits per heavy atom. The summed E-state index contributed by atoms with van der Waals surface area (Å²) < 4.78 is 63.0. The summed E-state index contributed by atoms with van der Waals surface area (Å²) in [5.41, 5.74) is 4.28. The minimum Gasteiger partial charge on any atom is -0.395 e. The smallest absolute Gasteiger partial charge is 0.395 e. The van der Waals surface area contributed by atoms with Gasteiger partial charge in [0.2, 0.25) is 0 Å². The second-order valence-corrected chi connectivity index (χ2v) is 4.59. The van der Waals surface area contributed by atoms with Gasteiger partial charge in [-0.25, -0.2) is 8.78 Å². The van der Waals surface area contributed by atoms with Crippen molar-refractivity contribution in [3.05, 3.63) is 29.3 Å². The number of aliphatic hydroxyl groups is 1. The Morgan fingerprint density at radius 3 is 2.38 bits per heavy atom. The molecule has 0 spiro atoms. The SMILES string of the molecule is NC(=S)c1cc(C(F)(F)F)ccc1N(CCO)CC(F)F. The number of nitrogens with two attached hydrogens (primary N) is 1. The molecule has 0 fully saturated rings. The first kappa shape index (κ1) is 17.6. The molecule has 0 aromatic heterocycles. The second kappa shape index (κ2) is 6.99. The van der Waals surface area contributed by atoms with Crippen molar-refractivity contribution in [1.82, 2.24) is 0 Å². The largest absolute Gasteiger partial charge is 0.416 e. The van der Waals surface area contributed by atoms with E-state index in [2.05, 4.69) is 12.2 Å². The van der Waals surface area contributed by atoms with Crippen molar-refractivity contribution in [3.63, 3.8) is 0 Å². The molecule has 0 aliphatic carbocycles. The first-order valence-electron chi connectivity index (χ1n) is 5.81. The van der Waals surface area contributed by atoms with Crippen LogP contribution in [-0.2, 0) is 6.18 Å². The second-order valence-electron chi connectivity index (χ2n) is 4.15. The number of hydrogen-bond donors (Lipinski definition) is 2. The van der Waals surface area contributed by atoms with Crippen molar-refractivity contribution in [2.24, 2.45) is 5.73 Å². The van der Waals surface area contributed by atoms with Crippen LogP contribution in [0.5, 0.6) is 0 Å². The zero-order valence-corrected chi connectivity index (χ0v) is 11.5. The summed E-state index contributed by atoms with van der Waals surface area (Å²) in [6.45, 7) is -1.36. The predicted molar refractivity (Wildman–Crippen MR) is 72.6 cm³/mol. The molecule has 0 aliphatic rings. The molecule has 3 N–H and O–H groups in total. The van der Waals surface area contributed by atoms with E-state index in [4.69, 9.17) is 10.8 Å². The Morgan fingerprint density at radius 1 is 1.33 bits per heavy atom. The quantitative estimate of drug-likeness (QED) is 0.622. The molecule has 0 saturated carbocycles. The number of anilines is 1. The molecule has 21 heavy (non-hydrogen) atoms. The van der Waals surface area contributed by atoms with Crippen molar-refractivity contribution in [2.75, 3.05) is 24.6 Å². The van der Waals surface area contributed by atoms with E-state index in [1.54, 1.807) is 0 Å². The maximum Gasteiger partial charge on any atom is 0.416 e. The van der Waals surface area contributed by atoms with Gasteiger partial charge in [-0.15, -0.1) is 0 Å². The Bertz CT molecular complexity index is 507. The number of thiocarbonyl (C=S) groups is 1. The average molecular weight is 328 g/mol. The first-order valence-corrected chi connectivity index (χ1v) is 6.22. The van der Waals surface area contributed by atoms with Gasteiger partial charge in [-0.1, -0.05) is 12.2 Å². The highest BCUT2D eigenvalue weighted by Crippen LogP contribution is 2.33. The minimum atomic E-state index is -4.59. The van der Waals surface area contributed by atoms with Crippen molar-refractivity contribution < 1.29 is 27.1 Å². The van der Waals surface area contributed by atoms with E-state index in [0.717, 1.165) is 17.0 Å². The van der Waals surface area contributed by atoms with Crippen molar-refractivity contribution in [2.45, 2.75) is 12.6 Å². The summed E-state index contributed by atoms with van der Waals surface area (Å²) in [4.78, 5) is 0.701. The molecule has 1 aromatic carbocycles. The third-order valence-corrected chi connectivity index (χ3v) is 2.88. The van der Waals surface area contributed by atoms with Gasteiger partial charge < -0.3 is 15.7 Å². The monoisotopic (exact) mass is 328 g/mol. The fraction of sp³-hybridized carbons (Fsp3) is 0.417. The lowest BCUT2D eigenvalue weighted by molar-refractivity contribution is -0.137. The molecule has 1 aromatic rings. The van der Waals surface area contributed by atoms with Crippen molar-refractivity contribution >= 4 is 22.9 Å². The number of nitrogens with zero attached hydrogens (tertiary/aromatic N) is 1. The standard InChI is InChI=1S/C12H13F5N2OS/c13-10(14)6-19(3-4-20)9-2-1-7(12(15,16)17)5-8(9)11(18)21/h1-2,5,10,20H,3-4,6H2,(H2,18,21). The van der Waals surface area contributed by atoms with Crippen molar-refractivity contribution in [3.8, 4) is 0 Å². The van der Waals surface area contributed by atoms with Crippen LogP contribution in [0.15, 0.2) is 18.2 Å². The zero-order chi connectivity index (χ0) is 16.2. The Labute approximate surface area is 123 Å². The van der Waals surface area contributed by atoms with Crippen LogP contribution in [0, 0.1) is 0 Å². The van der Waals surface area contributed by atoms with Crippen molar-refractivity contribution in [1.29, 1.82) is 0 Å². The molecule has 0 unspecified atom stereocenters. The summed E-state index contributed by atoms with van der Waals surface area (Å²) in [6.07, 6.45) is -7.32. The maximum absolute atomic E-state index is 12.7. The summed E-state index contributed by atoms with van der Waals surface area (Å²) in [5.74, 6) is 0. The molecule has 9 heteroatoms. The highest BCUT2D eigenvalue weighted by molar-refractivity contribution is 7.80. The van der Waals surface area contributed by atoms with Crippen LogP contribution in [0.25, 0.3) is 0 Å². The predicted octanol–water partition coefficient (Wildman–Crippen LogP) is 2.40. The molecule has 0 radical (unpaired) electrons. The molecule has 0 saturated heterocycles. The van der Waals surface area contributed by atoms with E-state index in [9.17, 15) is 22.0 Å². The number of alkyl halides is 5. The van der Waals surface area contributed by atoms with E-state index < -0.39 is 31.3 Å². The molecule has 0 aliphatic heterocycles. The number of benzene rings is 1. The number of halogens is 5. The topological polar surface area (TPSA) is 49.5 Å². The van der Waals surface area contributed by atoms with E-state index >= 15 is 0 Å². The van der Waals surface area contributed by atoms with Gasteiger partial charge in [0.15, 0.2) is 0 Å². The van der Waals surface area contributed by atoms with E-state index in [1.807, 2.05) is 0 Å². The van der Waals surface area contributed by atoms with E-state index in [0.29, 0.717) is 6.07 Å². The maximum atomic E-state index is 12.7. The molecule has 0 heterocycles. The Hall–Kier alpha value is -1.48. The van der Waals surface area contributed by atoms with Gasteiger partial charge in [-0.2, -0.15) is 13.2 Å². The highest BCUT2D eigenvalue weighted by Gasteiger charge is 2.31. The molecular formula is C12H13F5N2OS. The summed E-state index contributed by atoms with van der Waals surface area (Å²) in [7, 11) is 0. The molecule has 3 nitrogen and oxygen atoms in total. The molecule has 0 bridgehead atoms. The van der Waals surface area contributed by atoms with E-state index in [-0.39, 0.29) is 22.8 Å².